The Bertz CT molecular complexity index is 1150. The molecule has 26 heavy (non-hydrogen) atoms. The van der Waals surface area contributed by atoms with Gasteiger partial charge in [0.25, 0.3) is 0 Å². The van der Waals surface area contributed by atoms with Gasteiger partial charge in [-0.1, -0.05) is 0 Å². The summed E-state index contributed by atoms with van der Waals surface area (Å²) in [6.45, 7) is 1.86. The van der Waals surface area contributed by atoms with Gasteiger partial charge in [-0.15, -0.1) is 0 Å². The summed E-state index contributed by atoms with van der Waals surface area (Å²) >= 11 is 0. The standard InChI is InChI=1S/C19H15F3N4/c1-10-6-12(7-13-8-23-25-17(10)13)16-14(19(20,21)22)4-5-26-9-15(11-2-3-11)24-18(16)26/h4-9,11H,2-3H2,1H3,(H,23,25). The van der Waals surface area contributed by atoms with Crippen LogP contribution in [-0.4, -0.2) is 19.6 Å². The number of alkyl halides is 3. The molecule has 0 radical (unpaired) electrons. The highest BCUT2D eigenvalue weighted by Gasteiger charge is 2.36. The predicted molar refractivity (Wildman–Crippen MR) is 92.0 cm³/mol. The number of pyridine rings is 1. The molecule has 1 N–H and O–H groups in total. The number of rotatable bonds is 2. The van der Waals surface area contributed by atoms with Gasteiger partial charge in [0.1, 0.15) is 5.65 Å². The van der Waals surface area contributed by atoms with Gasteiger partial charge in [-0.2, -0.15) is 18.3 Å². The number of nitrogens with one attached hydrogen (secondary N) is 1. The molecule has 1 aromatic carbocycles. The molecule has 5 rings (SSSR count). The van der Waals surface area contributed by atoms with E-state index in [2.05, 4.69) is 15.2 Å². The fraction of sp³-hybridized carbons (Fsp3) is 0.263. The second kappa shape index (κ2) is 5.09. The predicted octanol–water partition coefficient (Wildman–Crippen LogP) is 5.08. The molecule has 3 aromatic heterocycles. The Labute approximate surface area is 146 Å². The highest BCUT2D eigenvalue weighted by molar-refractivity contribution is 5.91. The van der Waals surface area contributed by atoms with Gasteiger partial charge >= 0.3 is 6.18 Å². The molecule has 1 saturated carbocycles. The molecule has 3 heterocycles. The molecule has 0 amide bonds. The first kappa shape index (κ1) is 15.4. The Hall–Kier alpha value is -2.83. The van der Waals surface area contributed by atoms with Crippen molar-refractivity contribution in [2.45, 2.75) is 31.9 Å². The maximum Gasteiger partial charge on any atom is 0.417 e. The van der Waals surface area contributed by atoms with Crippen LogP contribution < -0.4 is 0 Å². The number of aromatic amines is 1. The molecule has 7 heteroatoms. The van der Waals surface area contributed by atoms with Gasteiger partial charge in [0, 0.05) is 29.3 Å². The van der Waals surface area contributed by atoms with Crippen molar-refractivity contribution in [2.24, 2.45) is 0 Å². The van der Waals surface area contributed by atoms with Gasteiger partial charge in [-0.25, -0.2) is 4.98 Å². The Balaban J connectivity index is 1.85. The van der Waals surface area contributed by atoms with E-state index < -0.39 is 11.7 Å². The highest BCUT2D eigenvalue weighted by Crippen LogP contribution is 2.43. The summed E-state index contributed by atoms with van der Waals surface area (Å²) in [5.41, 5.74) is 2.85. The zero-order valence-corrected chi connectivity index (χ0v) is 13.9. The molecule has 132 valence electrons. The average molecular weight is 356 g/mol. The lowest BCUT2D eigenvalue weighted by Gasteiger charge is -2.15. The largest absolute Gasteiger partial charge is 0.417 e. The number of nitrogens with zero attached hydrogens (tertiary/aromatic N) is 3. The minimum Gasteiger partial charge on any atom is -0.306 e. The topological polar surface area (TPSA) is 46.0 Å². The van der Waals surface area contributed by atoms with Crippen LogP contribution in [0.2, 0.25) is 0 Å². The van der Waals surface area contributed by atoms with Gasteiger partial charge in [-0.05, 0) is 49.1 Å². The molecule has 1 fully saturated rings. The SMILES string of the molecule is Cc1cc(-c2c(C(F)(F)F)ccn3cc(C4CC4)nc23)cc2cn[nH]c12. The van der Waals surface area contributed by atoms with Crippen molar-refractivity contribution in [2.75, 3.05) is 0 Å². The molecular weight excluding hydrogens is 341 g/mol. The molecule has 0 aliphatic heterocycles. The molecular formula is C19H15F3N4. The Kier molecular flexibility index (Phi) is 3.02. The molecule has 4 nitrogen and oxygen atoms in total. The third-order valence-electron chi connectivity index (χ3n) is 4.98. The minimum atomic E-state index is -4.46. The zero-order chi connectivity index (χ0) is 18.1. The quantitative estimate of drug-likeness (QED) is 0.544. The molecule has 1 aliphatic carbocycles. The van der Waals surface area contributed by atoms with Crippen molar-refractivity contribution in [3.05, 3.63) is 53.6 Å². The molecule has 1 aliphatic rings. The number of halogens is 3. The van der Waals surface area contributed by atoms with Crippen LogP contribution >= 0.6 is 0 Å². The fourth-order valence-electron chi connectivity index (χ4n) is 3.55. The van der Waals surface area contributed by atoms with Crippen LogP contribution in [0.15, 0.2) is 36.8 Å². The highest BCUT2D eigenvalue weighted by atomic mass is 19.4. The van der Waals surface area contributed by atoms with E-state index in [0.717, 1.165) is 41.1 Å². The van der Waals surface area contributed by atoms with Crippen molar-refractivity contribution < 1.29 is 13.2 Å². The minimum absolute atomic E-state index is 0.123. The summed E-state index contributed by atoms with van der Waals surface area (Å²) < 4.78 is 42.9. The second-order valence-corrected chi connectivity index (χ2v) is 6.90. The van der Waals surface area contributed by atoms with E-state index in [0.29, 0.717) is 17.1 Å². The van der Waals surface area contributed by atoms with Crippen molar-refractivity contribution in [1.29, 1.82) is 0 Å². The number of fused-ring (bicyclic) bond motifs is 2. The zero-order valence-electron chi connectivity index (χ0n) is 13.9. The van der Waals surface area contributed by atoms with E-state index in [1.807, 2.05) is 13.1 Å². The Morgan fingerprint density at radius 3 is 2.77 bits per heavy atom. The van der Waals surface area contributed by atoms with E-state index in [1.54, 1.807) is 22.7 Å². The van der Waals surface area contributed by atoms with E-state index in [-0.39, 0.29) is 5.56 Å². The van der Waals surface area contributed by atoms with Gasteiger partial charge in [0.15, 0.2) is 0 Å². The van der Waals surface area contributed by atoms with Gasteiger partial charge in [0.2, 0.25) is 0 Å². The van der Waals surface area contributed by atoms with Crippen LogP contribution in [0.3, 0.4) is 0 Å². The van der Waals surface area contributed by atoms with Crippen molar-refractivity contribution in [3.8, 4) is 11.1 Å². The Morgan fingerprint density at radius 1 is 1.23 bits per heavy atom. The molecule has 4 aromatic rings. The molecule has 0 atom stereocenters. The number of aryl methyl sites for hydroxylation is 1. The maximum atomic E-state index is 13.7. The maximum absolute atomic E-state index is 13.7. The first-order valence-corrected chi connectivity index (χ1v) is 8.45. The smallest absolute Gasteiger partial charge is 0.306 e. The van der Waals surface area contributed by atoms with Crippen LogP contribution in [-0.2, 0) is 6.18 Å². The molecule has 0 spiro atoms. The van der Waals surface area contributed by atoms with Gasteiger partial charge in [-0.3, -0.25) is 5.10 Å². The summed E-state index contributed by atoms with van der Waals surface area (Å²) in [6, 6.07) is 4.63. The van der Waals surface area contributed by atoms with E-state index in [9.17, 15) is 13.2 Å². The summed E-state index contributed by atoms with van der Waals surface area (Å²) in [7, 11) is 0. The third-order valence-corrected chi connectivity index (χ3v) is 4.98. The van der Waals surface area contributed by atoms with Crippen molar-refractivity contribution in [1.82, 2.24) is 19.6 Å². The van der Waals surface area contributed by atoms with Crippen LogP contribution in [0.25, 0.3) is 27.7 Å². The summed E-state index contributed by atoms with van der Waals surface area (Å²) in [5, 5.41) is 7.66. The first-order chi connectivity index (χ1) is 12.4. The summed E-state index contributed by atoms with van der Waals surface area (Å²) in [5.74, 6) is 0.371. The van der Waals surface area contributed by atoms with Crippen molar-refractivity contribution in [3.63, 3.8) is 0 Å². The van der Waals surface area contributed by atoms with Crippen LogP contribution in [0.1, 0.15) is 35.6 Å². The number of hydrogen-bond acceptors (Lipinski definition) is 2. The first-order valence-electron chi connectivity index (χ1n) is 8.45. The molecule has 0 unspecified atom stereocenters. The van der Waals surface area contributed by atoms with Crippen LogP contribution in [0.5, 0.6) is 0 Å². The monoisotopic (exact) mass is 356 g/mol. The lowest BCUT2D eigenvalue weighted by atomic mass is 9.97. The number of imidazole rings is 1. The van der Waals surface area contributed by atoms with Crippen molar-refractivity contribution >= 4 is 16.6 Å². The number of hydrogen-bond donors (Lipinski definition) is 1. The summed E-state index contributed by atoms with van der Waals surface area (Å²) in [6.07, 6.45) is 2.56. The average Bonchev–Trinajstić information content (AvgIpc) is 3.15. The Morgan fingerprint density at radius 2 is 2.04 bits per heavy atom. The lowest BCUT2D eigenvalue weighted by molar-refractivity contribution is -0.137. The second-order valence-electron chi connectivity index (χ2n) is 6.90. The van der Waals surface area contributed by atoms with Gasteiger partial charge in [0.05, 0.1) is 23.0 Å². The summed E-state index contributed by atoms with van der Waals surface area (Å²) in [4.78, 5) is 4.56. The lowest BCUT2D eigenvalue weighted by Crippen LogP contribution is -2.09. The number of benzene rings is 1. The van der Waals surface area contributed by atoms with E-state index in [4.69, 9.17) is 0 Å². The molecule has 0 bridgehead atoms. The van der Waals surface area contributed by atoms with Crippen LogP contribution in [0.4, 0.5) is 13.2 Å². The van der Waals surface area contributed by atoms with E-state index >= 15 is 0 Å². The van der Waals surface area contributed by atoms with E-state index in [1.165, 1.54) is 6.20 Å². The third kappa shape index (κ3) is 2.30. The fourth-order valence-corrected chi connectivity index (χ4v) is 3.55. The normalized spacial score (nSPS) is 15.2. The van der Waals surface area contributed by atoms with Crippen LogP contribution in [0, 0.1) is 6.92 Å². The number of H-pyrrole nitrogens is 1. The number of aromatic nitrogens is 4. The van der Waals surface area contributed by atoms with Gasteiger partial charge < -0.3 is 4.40 Å². The molecule has 0 saturated heterocycles.